The zero-order valence-electron chi connectivity index (χ0n) is 11.9. The summed E-state index contributed by atoms with van der Waals surface area (Å²) in [5.74, 6) is 0.441. The molecule has 1 aromatic carbocycles. The first-order chi connectivity index (χ1) is 10.1. The predicted octanol–water partition coefficient (Wildman–Crippen LogP) is 1.54. The number of nitrogens with zero attached hydrogens (tertiary/aromatic N) is 2. The molecule has 1 atom stereocenters. The van der Waals surface area contributed by atoms with Gasteiger partial charge in [-0.05, 0) is 38.1 Å². The van der Waals surface area contributed by atoms with Crippen molar-refractivity contribution in [1.29, 1.82) is 0 Å². The lowest BCUT2D eigenvalue weighted by Crippen LogP contribution is -2.30. The van der Waals surface area contributed by atoms with Crippen molar-refractivity contribution in [3.8, 4) is 5.75 Å². The number of benzene rings is 1. The first-order valence-electron chi connectivity index (χ1n) is 6.53. The second kappa shape index (κ2) is 7.14. The van der Waals surface area contributed by atoms with Crippen LogP contribution in [0.2, 0.25) is 0 Å². The fourth-order valence-electron chi connectivity index (χ4n) is 1.58. The minimum Gasteiger partial charge on any atom is -0.487 e. The summed E-state index contributed by atoms with van der Waals surface area (Å²) in [7, 11) is 0. The first-order valence-corrected chi connectivity index (χ1v) is 7.26. The Bertz CT molecular complexity index is 596. The third-order valence-corrected chi connectivity index (χ3v) is 3.45. The number of carbonyl (C=O) groups is 1. The maximum absolute atomic E-state index is 11.8. The molecule has 0 radical (unpaired) electrons. The van der Waals surface area contributed by atoms with Crippen LogP contribution in [0.25, 0.3) is 0 Å². The van der Waals surface area contributed by atoms with E-state index in [9.17, 15) is 4.79 Å². The summed E-state index contributed by atoms with van der Waals surface area (Å²) in [5, 5.41) is 11.8. The molecule has 2 aromatic rings. The second-order valence-corrected chi connectivity index (χ2v) is 5.20. The second-order valence-electron chi connectivity index (χ2n) is 4.67. The van der Waals surface area contributed by atoms with E-state index in [-0.39, 0.29) is 12.5 Å². The monoisotopic (exact) mass is 307 g/mol. The summed E-state index contributed by atoms with van der Waals surface area (Å²) >= 11 is 1.16. The van der Waals surface area contributed by atoms with Crippen molar-refractivity contribution < 1.29 is 14.6 Å². The van der Waals surface area contributed by atoms with Gasteiger partial charge < -0.3 is 15.2 Å². The Hall–Kier alpha value is -1.99. The van der Waals surface area contributed by atoms with Gasteiger partial charge in [0.25, 0.3) is 5.91 Å². The van der Waals surface area contributed by atoms with Gasteiger partial charge in [-0.1, -0.05) is 0 Å². The van der Waals surface area contributed by atoms with Crippen LogP contribution in [0.5, 0.6) is 5.75 Å². The number of amides is 1. The minimum absolute atomic E-state index is 0.220. The summed E-state index contributed by atoms with van der Waals surface area (Å²) in [6.07, 6.45) is -0.563. The number of ether oxygens (including phenoxy) is 1. The van der Waals surface area contributed by atoms with E-state index >= 15 is 0 Å². The van der Waals surface area contributed by atoms with Gasteiger partial charge in [0.05, 0.1) is 23.5 Å². The fourth-order valence-corrected chi connectivity index (χ4v) is 2.13. The molecule has 0 saturated carbocycles. The molecule has 0 aliphatic rings. The van der Waals surface area contributed by atoms with Crippen LogP contribution in [-0.4, -0.2) is 32.4 Å². The standard InChI is InChI=1S/C14H17N3O3S/c1-9(18)7-15-14(19)11-3-5-12(6-4-11)20-8-13-10(2)16-21-17-13/h3-6,9,18H,7-8H2,1-2H3,(H,15,19). The number of aliphatic hydroxyl groups is 1. The van der Waals surface area contributed by atoms with Crippen LogP contribution in [0.3, 0.4) is 0 Å². The topological polar surface area (TPSA) is 84.3 Å². The van der Waals surface area contributed by atoms with E-state index in [1.807, 2.05) is 6.92 Å². The van der Waals surface area contributed by atoms with Gasteiger partial charge >= 0.3 is 0 Å². The van der Waals surface area contributed by atoms with E-state index in [0.717, 1.165) is 23.1 Å². The van der Waals surface area contributed by atoms with Crippen molar-refractivity contribution >= 4 is 17.6 Å². The lowest BCUT2D eigenvalue weighted by atomic mass is 10.2. The summed E-state index contributed by atoms with van der Waals surface area (Å²) in [6.45, 7) is 4.09. The van der Waals surface area contributed by atoms with Gasteiger partial charge in [0, 0.05) is 12.1 Å². The fraction of sp³-hybridized carbons (Fsp3) is 0.357. The van der Waals surface area contributed by atoms with Crippen molar-refractivity contribution in [2.45, 2.75) is 26.6 Å². The quantitative estimate of drug-likeness (QED) is 0.845. The highest BCUT2D eigenvalue weighted by Gasteiger charge is 2.07. The molecule has 0 aliphatic carbocycles. The highest BCUT2D eigenvalue weighted by atomic mass is 32.1. The van der Waals surface area contributed by atoms with Gasteiger partial charge in [-0.15, -0.1) is 0 Å². The Kier molecular flexibility index (Phi) is 5.24. The molecule has 1 aromatic heterocycles. The Labute approximate surface area is 127 Å². The zero-order valence-corrected chi connectivity index (χ0v) is 12.7. The molecule has 0 spiro atoms. The number of aryl methyl sites for hydroxylation is 1. The Morgan fingerprint density at radius 1 is 1.38 bits per heavy atom. The van der Waals surface area contributed by atoms with Crippen molar-refractivity contribution in [3.05, 3.63) is 41.2 Å². The molecule has 0 bridgehead atoms. The number of aliphatic hydroxyl groups excluding tert-OH is 1. The molecular formula is C14H17N3O3S. The van der Waals surface area contributed by atoms with E-state index in [1.165, 1.54) is 0 Å². The molecule has 1 amide bonds. The van der Waals surface area contributed by atoms with Gasteiger partial charge in [-0.25, -0.2) is 0 Å². The molecule has 0 aliphatic heterocycles. The van der Waals surface area contributed by atoms with Crippen molar-refractivity contribution in [2.75, 3.05) is 6.54 Å². The molecule has 2 rings (SSSR count). The van der Waals surface area contributed by atoms with E-state index in [1.54, 1.807) is 31.2 Å². The molecule has 6 nitrogen and oxygen atoms in total. The number of hydrogen-bond acceptors (Lipinski definition) is 6. The van der Waals surface area contributed by atoms with Gasteiger partial charge in [0.1, 0.15) is 18.1 Å². The highest BCUT2D eigenvalue weighted by molar-refractivity contribution is 6.99. The first kappa shape index (κ1) is 15.4. The van der Waals surface area contributed by atoms with Crippen LogP contribution in [-0.2, 0) is 6.61 Å². The molecule has 7 heteroatoms. The lowest BCUT2D eigenvalue weighted by Gasteiger charge is -2.08. The summed E-state index contributed by atoms with van der Waals surface area (Å²) in [4.78, 5) is 11.8. The molecule has 112 valence electrons. The zero-order chi connectivity index (χ0) is 15.2. The average Bonchev–Trinajstić information content (AvgIpc) is 2.88. The third kappa shape index (κ3) is 4.51. The van der Waals surface area contributed by atoms with Crippen LogP contribution in [0, 0.1) is 6.92 Å². The predicted molar refractivity (Wildman–Crippen MR) is 79.4 cm³/mol. The number of carbonyl (C=O) groups excluding carboxylic acids is 1. The Balaban J connectivity index is 1.89. The lowest BCUT2D eigenvalue weighted by molar-refractivity contribution is 0.0924. The highest BCUT2D eigenvalue weighted by Crippen LogP contribution is 2.15. The third-order valence-electron chi connectivity index (χ3n) is 2.80. The number of aromatic nitrogens is 2. The molecule has 0 fully saturated rings. The SMILES string of the molecule is Cc1nsnc1COc1ccc(C(=O)NCC(C)O)cc1. The average molecular weight is 307 g/mol. The molecule has 2 N–H and O–H groups in total. The van der Waals surface area contributed by atoms with E-state index in [0.29, 0.717) is 17.9 Å². The van der Waals surface area contributed by atoms with Crippen molar-refractivity contribution in [2.24, 2.45) is 0 Å². The van der Waals surface area contributed by atoms with Crippen LogP contribution in [0.1, 0.15) is 28.7 Å². The van der Waals surface area contributed by atoms with Crippen LogP contribution in [0.15, 0.2) is 24.3 Å². The van der Waals surface area contributed by atoms with Crippen molar-refractivity contribution in [1.82, 2.24) is 14.1 Å². The number of hydrogen-bond donors (Lipinski definition) is 2. The summed E-state index contributed by atoms with van der Waals surface area (Å²) in [5.41, 5.74) is 2.21. The normalized spacial score (nSPS) is 12.0. The van der Waals surface area contributed by atoms with Gasteiger partial charge in [0.2, 0.25) is 0 Å². The van der Waals surface area contributed by atoms with E-state index in [2.05, 4.69) is 14.1 Å². The van der Waals surface area contributed by atoms with E-state index in [4.69, 9.17) is 9.84 Å². The van der Waals surface area contributed by atoms with Gasteiger partial charge in [-0.2, -0.15) is 8.75 Å². The largest absolute Gasteiger partial charge is 0.487 e. The molecule has 21 heavy (non-hydrogen) atoms. The molecule has 1 unspecified atom stereocenters. The maximum atomic E-state index is 11.8. The van der Waals surface area contributed by atoms with E-state index < -0.39 is 6.10 Å². The number of rotatable bonds is 6. The van der Waals surface area contributed by atoms with Gasteiger partial charge in [-0.3, -0.25) is 4.79 Å². The van der Waals surface area contributed by atoms with Crippen LogP contribution >= 0.6 is 11.7 Å². The Morgan fingerprint density at radius 3 is 2.67 bits per heavy atom. The van der Waals surface area contributed by atoms with Crippen molar-refractivity contribution in [3.63, 3.8) is 0 Å². The van der Waals surface area contributed by atoms with Crippen LogP contribution < -0.4 is 10.1 Å². The molecular weight excluding hydrogens is 290 g/mol. The summed E-state index contributed by atoms with van der Waals surface area (Å²) in [6, 6.07) is 6.82. The number of nitrogens with one attached hydrogen (secondary N) is 1. The minimum atomic E-state index is -0.563. The van der Waals surface area contributed by atoms with Crippen LogP contribution in [0.4, 0.5) is 0 Å². The summed E-state index contributed by atoms with van der Waals surface area (Å²) < 4.78 is 13.8. The smallest absolute Gasteiger partial charge is 0.251 e. The molecule has 1 heterocycles. The van der Waals surface area contributed by atoms with Gasteiger partial charge in [0.15, 0.2) is 0 Å². The Morgan fingerprint density at radius 2 is 2.10 bits per heavy atom. The molecule has 0 saturated heterocycles. The maximum Gasteiger partial charge on any atom is 0.251 e.